The SMILES string of the molecule is COc1cccc(CNC(=O)c2ccc3c(c2)SC2=NS(=O)(=O)CCN23)c1. The Kier molecular flexibility index (Phi) is 4.56. The summed E-state index contributed by atoms with van der Waals surface area (Å²) in [7, 11) is -1.79. The highest BCUT2D eigenvalue weighted by molar-refractivity contribution is 8.15. The number of benzene rings is 2. The van der Waals surface area contributed by atoms with E-state index >= 15 is 0 Å². The Labute approximate surface area is 161 Å². The number of amides is 1. The number of rotatable bonds is 4. The molecule has 1 amide bonds. The van der Waals surface area contributed by atoms with E-state index in [0.717, 1.165) is 21.9 Å². The summed E-state index contributed by atoms with van der Waals surface area (Å²) in [6.45, 7) is 0.764. The molecule has 0 spiro atoms. The van der Waals surface area contributed by atoms with Gasteiger partial charge in [-0.2, -0.15) is 0 Å². The zero-order chi connectivity index (χ0) is 19.0. The Hall–Kier alpha value is -2.52. The summed E-state index contributed by atoms with van der Waals surface area (Å²) in [6.07, 6.45) is 0. The quantitative estimate of drug-likeness (QED) is 0.842. The van der Waals surface area contributed by atoms with Gasteiger partial charge >= 0.3 is 0 Å². The van der Waals surface area contributed by atoms with Gasteiger partial charge in [0.1, 0.15) is 5.75 Å². The van der Waals surface area contributed by atoms with Crippen LogP contribution in [0.4, 0.5) is 5.69 Å². The number of fused-ring (bicyclic) bond motifs is 3. The molecule has 0 unspecified atom stereocenters. The normalized spacial score (nSPS) is 16.9. The Balaban J connectivity index is 1.49. The van der Waals surface area contributed by atoms with Gasteiger partial charge in [0.15, 0.2) is 5.17 Å². The maximum atomic E-state index is 12.5. The maximum Gasteiger partial charge on any atom is 0.257 e. The van der Waals surface area contributed by atoms with E-state index in [0.29, 0.717) is 23.8 Å². The topological polar surface area (TPSA) is 88.1 Å². The minimum atomic E-state index is -3.39. The predicted molar refractivity (Wildman–Crippen MR) is 105 cm³/mol. The fraction of sp³-hybridized carbons (Fsp3) is 0.222. The van der Waals surface area contributed by atoms with Crippen LogP contribution in [0.15, 0.2) is 51.8 Å². The highest BCUT2D eigenvalue weighted by Crippen LogP contribution is 2.42. The number of hydrogen-bond acceptors (Lipinski definition) is 6. The Morgan fingerprint density at radius 2 is 2.15 bits per heavy atom. The molecule has 0 saturated heterocycles. The molecular formula is C18H17N3O4S2. The van der Waals surface area contributed by atoms with Gasteiger partial charge in [0.05, 0.1) is 18.6 Å². The first-order valence-corrected chi connectivity index (χ1v) is 10.7. The summed E-state index contributed by atoms with van der Waals surface area (Å²) in [5.74, 6) is 0.544. The molecular weight excluding hydrogens is 386 g/mol. The maximum absolute atomic E-state index is 12.5. The van der Waals surface area contributed by atoms with E-state index in [1.54, 1.807) is 19.2 Å². The highest BCUT2D eigenvalue weighted by Gasteiger charge is 2.33. The van der Waals surface area contributed by atoms with Gasteiger partial charge < -0.3 is 15.0 Å². The van der Waals surface area contributed by atoms with Crippen LogP contribution in [0.25, 0.3) is 0 Å². The van der Waals surface area contributed by atoms with Gasteiger partial charge in [-0.05, 0) is 47.7 Å². The lowest BCUT2D eigenvalue weighted by Crippen LogP contribution is -2.35. The number of amidine groups is 1. The molecule has 140 valence electrons. The van der Waals surface area contributed by atoms with Gasteiger partial charge in [-0.3, -0.25) is 4.79 Å². The largest absolute Gasteiger partial charge is 0.497 e. The summed E-state index contributed by atoms with van der Waals surface area (Å²) in [5, 5.41) is 3.34. The second-order valence-electron chi connectivity index (χ2n) is 6.13. The third kappa shape index (κ3) is 3.65. The molecule has 7 nitrogen and oxygen atoms in total. The number of anilines is 1. The van der Waals surface area contributed by atoms with Crippen LogP contribution >= 0.6 is 11.8 Å². The number of sulfonamides is 1. The number of nitrogens with zero attached hydrogens (tertiary/aromatic N) is 2. The Morgan fingerprint density at radius 1 is 1.30 bits per heavy atom. The summed E-state index contributed by atoms with van der Waals surface area (Å²) in [5.41, 5.74) is 2.35. The average molecular weight is 403 g/mol. The number of methoxy groups -OCH3 is 1. The van der Waals surface area contributed by atoms with Crippen molar-refractivity contribution in [3.8, 4) is 5.75 Å². The highest BCUT2D eigenvalue weighted by atomic mass is 32.2. The lowest BCUT2D eigenvalue weighted by molar-refractivity contribution is 0.0950. The van der Waals surface area contributed by atoms with E-state index in [2.05, 4.69) is 9.71 Å². The number of nitrogens with one attached hydrogen (secondary N) is 1. The first-order valence-electron chi connectivity index (χ1n) is 8.28. The van der Waals surface area contributed by atoms with Gasteiger partial charge in [0, 0.05) is 23.5 Å². The fourth-order valence-electron chi connectivity index (χ4n) is 2.94. The van der Waals surface area contributed by atoms with Gasteiger partial charge in [-0.15, -0.1) is 4.40 Å². The second-order valence-corrected chi connectivity index (χ2v) is 8.89. The summed E-state index contributed by atoms with van der Waals surface area (Å²) in [6, 6.07) is 12.9. The Bertz CT molecular complexity index is 1050. The second kappa shape index (κ2) is 6.90. The third-order valence-electron chi connectivity index (χ3n) is 4.32. The molecule has 1 N–H and O–H groups in total. The van der Waals surface area contributed by atoms with Crippen molar-refractivity contribution in [2.24, 2.45) is 4.40 Å². The number of carbonyl (C=O) groups is 1. The monoisotopic (exact) mass is 403 g/mol. The van der Waals surface area contributed by atoms with Crippen LogP contribution in [0.1, 0.15) is 15.9 Å². The van der Waals surface area contributed by atoms with Crippen molar-refractivity contribution in [3.05, 3.63) is 53.6 Å². The molecule has 0 atom stereocenters. The predicted octanol–water partition coefficient (Wildman–Crippen LogP) is 2.24. The van der Waals surface area contributed by atoms with E-state index in [4.69, 9.17) is 4.74 Å². The van der Waals surface area contributed by atoms with E-state index in [1.165, 1.54) is 11.8 Å². The van der Waals surface area contributed by atoms with Crippen LogP contribution in [0.2, 0.25) is 0 Å². The number of hydrogen-bond donors (Lipinski definition) is 1. The first kappa shape index (κ1) is 17.9. The molecule has 0 fully saturated rings. The minimum Gasteiger partial charge on any atom is -0.497 e. The van der Waals surface area contributed by atoms with Crippen molar-refractivity contribution in [1.82, 2.24) is 5.32 Å². The van der Waals surface area contributed by atoms with Crippen LogP contribution in [0.5, 0.6) is 5.75 Å². The zero-order valence-electron chi connectivity index (χ0n) is 14.5. The molecule has 2 aromatic rings. The number of carbonyl (C=O) groups excluding carboxylic acids is 1. The smallest absolute Gasteiger partial charge is 0.257 e. The molecule has 27 heavy (non-hydrogen) atoms. The molecule has 0 radical (unpaired) electrons. The van der Waals surface area contributed by atoms with E-state index < -0.39 is 10.0 Å². The van der Waals surface area contributed by atoms with Gasteiger partial charge in [0.2, 0.25) is 0 Å². The standard InChI is InChI=1S/C18H17N3O4S2/c1-25-14-4-2-3-12(9-14)11-19-17(22)13-5-6-15-16(10-13)26-18-20-27(23,24)8-7-21(15)18/h2-6,9-10H,7-8,11H2,1H3,(H,19,22). The van der Waals surface area contributed by atoms with Crippen LogP contribution < -0.4 is 15.0 Å². The summed E-state index contributed by atoms with van der Waals surface area (Å²) >= 11 is 1.27. The molecule has 9 heteroatoms. The van der Waals surface area contributed by atoms with Crippen molar-refractivity contribution in [1.29, 1.82) is 0 Å². The fourth-order valence-corrected chi connectivity index (χ4v) is 5.23. The molecule has 0 aromatic heterocycles. The van der Waals surface area contributed by atoms with Crippen LogP contribution in [0, 0.1) is 0 Å². The van der Waals surface area contributed by atoms with Crippen LogP contribution in [-0.2, 0) is 16.6 Å². The molecule has 0 saturated carbocycles. The molecule has 4 rings (SSSR count). The van der Waals surface area contributed by atoms with E-state index in [-0.39, 0.29) is 11.7 Å². The van der Waals surface area contributed by atoms with Gasteiger partial charge in [0.25, 0.3) is 15.9 Å². The van der Waals surface area contributed by atoms with E-state index in [1.807, 2.05) is 35.2 Å². The van der Waals surface area contributed by atoms with Gasteiger partial charge in [-0.1, -0.05) is 12.1 Å². The average Bonchev–Trinajstić information content (AvgIpc) is 3.01. The van der Waals surface area contributed by atoms with Crippen molar-refractivity contribution in [2.75, 3.05) is 24.3 Å². The number of thioether (sulfide) groups is 1. The molecule has 2 aliphatic rings. The summed E-state index contributed by atoms with van der Waals surface area (Å²) < 4.78 is 32.4. The molecule has 2 aliphatic heterocycles. The van der Waals surface area contributed by atoms with Crippen molar-refractivity contribution < 1.29 is 17.9 Å². The molecule has 0 aliphatic carbocycles. The van der Waals surface area contributed by atoms with Gasteiger partial charge in [-0.25, -0.2) is 8.42 Å². The first-order chi connectivity index (χ1) is 12.9. The van der Waals surface area contributed by atoms with Crippen molar-refractivity contribution in [2.45, 2.75) is 11.4 Å². The van der Waals surface area contributed by atoms with Crippen molar-refractivity contribution >= 4 is 38.5 Å². The molecule has 0 bridgehead atoms. The zero-order valence-corrected chi connectivity index (χ0v) is 16.1. The summed E-state index contributed by atoms with van der Waals surface area (Å²) in [4.78, 5) is 15.2. The third-order valence-corrected chi connectivity index (χ3v) is 6.63. The lowest BCUT2D eigenvalue weighted by Gasteiger charge is -2.22. The number of ether oxygens (including phenoxy) is 1. The Morgan fingerprint density at radius 3 is 2.96 bits per heavy atom. The molecule has 2 aromatic carbocycles. The minimum absolute atomic E-state index is 0.000719. The van der Waals surface area contributed by atoms with Crippen molar-refractivity contribution in [3.63, 3.8) is 0 Å². The van der Waals surface area contributed by atoms with Crippen LogP contribution in [-0.4, -0.2) is 38.9 Å². The lowest BCUT2D eigenvalue weighted by atomic mass is 10.1. The molecule has 2 heterocycles. The van der Waals surface area contributed by atoms with Crippen LogP contribution in [0.3, 0.4) is 0 Å². The van der Waals surface area contributed by atoms with E-state index in [9.17, 15) is 13.2 Å².